The van der Waals surface area contributed by atoms with Crippen molar-refractivity contribution in [3.63, 3.8) is 0 Å². The van der Waals surface area contributed by atoms with Gasteiger partial charge >= 0.3 is 0 Å². The van der Waals surface area contributed by atoms with Crippen LogP contribution in [-0.2, 0) is 0 Å². The summed E-state index contributed by atoms with van der Waals surface area (Å²) in [6, 6.07) is 9.67. The normalized spacial score (nSPS) is 12.5. The van der Waals surface area contributed by atoms with E-state index in [1.807, 2.05) is 13.8 Å². The third-order valence-corrected chi connectivity index (χ3v) is 4.29. The van der Waals surface area contributed by atoms with E-state index in [4.69, 9.17) is 4.74 Å². The van der Waals surface area contributed by atoms with Gasteiger partial charge in [0, 0.05) is 10.0 Å². The minimum atomic E-state index is -0.591. The van der Waals surface area contributed by atoms with E-state index in [2.05, 4.69) is 31.9 Å². The van der Waals surface area contributed by atoms with Crippen LogP contribution in [0.4, 0.5) is 8.78 Å². The van der Waals surface area contributed by atoms with Crippen molar-refractivity contribution < 1.29 is 13.5 Å². The van der Waals surface area contributed by atoms with Crippen molar-refractivity contribution in [1.82, 2.24) is 0 Å². The number of alkyl halides is 1. The van der Waals surface area contributed by atoms with E-state index < -0.39 is 16.5 Å². The van der Waals surface area contributed by atoms with Crippen molar-refractivity contribution in [3.8, 4) is 5.75 Å². The zero-order valence-corrected chi connectivity index (χ0v) is 14.7. The molecule has 2 rings (SSSR count). The lowest BCUT2D eigenvalue weighted by molar-refractivity contribution is 0.242. The first-order chi connectivity index (χ1) is 9.88. The summed E-state index contributed by atoms with van der Waals surface area (Å²) in [4.78, 5) is -0.557. The maximum Gasteiger partial charge on any atom is 0.131 e. The van der Waals surface area contributed by atoms with Gasteiger partial charge in [0.25, 0.3) is 0 Å². The van der Waals surface area contributed by atoms with Crippen molar-refractivity contribution in [3.05, 3.63) is 63.6 Å². The zero-order valence-electron chi connectivity index (χ0n) is 11.5. The summed E-state index contributed by atoms with van der Waals surface area (Å²) in [6.07, 6.45) is 0.0805. The number of rotatable bonds is 4. The maximum atomic E-state index is 14.0. The first-order valence-electron chi connectivity index (χ1n) is 6.43. The van der Waals surface area contributed by atoms with Gasteiger partial charge < -0.3 is 4.74 Å². The molecular weight excluding hydrogens is 406 g/mol. The lowest BCUT2D eigenvalue weighted by atomic mass is 10.0. The fourth-order valence-electron chi connectivity index (χ4n) is 1.95. The molecule has 0 aliphatic heterocycles. The Hall–Kier alpha value is -0.940. The fourth-order valence-corrected chi connectivity index (χ4v) is 3.09. The van der Waals surface area contributed by atoms with Crippen LogP contribution in [0.3, 0.4) is 0 Å². The minimum Gasteiger partial charge on any atom is -0.491 e. The van der Waals surface area contributed by atoms with E-state index in [1.165, 1.54) is 12.1 Å². The van der Waals surface area contributed by atoms with Crippen molar-refractivity contribution >= 4 is 31.9 Å². The highest BCUT2D eigenvalue weighted by atomic mass is 79.9. The summed E-state index contributed by atoms with van der Waals surface area (Å²) in [7, 11) is 0. The van der Waals surface area contributed by atoms with E-state index in [-0.39, 0.29) is 11.7 Å². The molecule has 21 heavy (non-hydrogen) atoms. The largest absolute Gasteiger partial charge is 0.491 e. The Kier molecular flexibility index (Phi) is 5.38. The monoisotopic (exact) mass is 418 g/mol. The summed E-state index contributed by atoms with van der Waals surface area (Å²) < 4.78 is 33.9. The van der Waals surface area contributed by atoms with Crippen LogP contribution in [0, 0.1) is 11.6 Å². The Morgan fingerprint density at radius 3 is 2.00 bits per heavy atom. The number of ether oxygens (including phenoxy) is 1. The Bertz CT molecular complexity index is 604. The molecule has 112 valence electrons. The summed E-state index contributed by atoms with van der Waals surface area (Å²) >= 11 is 6.43. The summed E-state index contributed by atoms with van der Waals surface area (Å²) in [5, 5.41) is 0. The molecule has 0 saturated carbocycles. The Morgan fingerprint density at radius 2 is 1.52 bits per heavy atom. The molecule has 0 aliphatic rings. The third-order valence-electron chi connectivity index (χ3n) is 2.84. The number of hydrogen-bond donors (Lipinski definition) is 0. The first kappa shape index (κ1) is 16.4. The van der Waals surface area contributed by atoms with Crippen LogP contribution >= 0.6 is 31.9 Å². The Morgan fingerprint density at radius 1 is 1.00 bits per heavy atom. The minimum absolute atomic E-state index is 0.00396. The molecule has 2 aromatic carbocycles. The molecule has 1 atom stereocenters. The van der Waals surface area contributed by atoms with E-state index >= 15 is 0 Å². The van der Waals surface area contributed by atoms with Crippen molar-refractivity contribution in [2.24, 2.45) is 0 Å². The number of hydrogen-bond acceptors (Lipinski definition) is 1. The third kappa shape index (κ3) is 4.04. The molecular formula is C16H14Br2F2O. The first-order valence-corrected chi connectivity index (χ1v) is 8.14. The quantitative estimate of drug-likeness (QED) is 0.552. The van der Waals surface area contributed by atoms with Gasteiger partial charge in [-0.1, -0.05) is 44.0 Å². The van der Waals surface area contributed by atoms with Gasteiger partial charge in [-0.3, -0.25) is 0 Å². The predicted octanol–water partition coefficient (Wildman–Crippen LogP) is 6.00. The van der Waals surface area contributed by atoms with Gasteiger partial charge in [0.05, 0.1) is 10.9 Å². The molecule has 0 amide bonds. The average molecular weight is 420 g/mol. The molecule has 0 N–H and O–H groups in total. The highest BCUT2D eigenvalue weighted by Gasteiger charge is 2.20. The Labute approximate surface area is 139 Å². The van der Waals surface area contributed by atoms with E-state index in [0.29, 0.717) is 4.47 Å². The van der Waals surface area contributed by atoms with E-state index in [1.54, 1.807) is 24.3 Å². The summed E-state index contributed by atoms with van der Waals surface area (Å²) in [5.74, 6) is -0.456. The molecule has 1 nitrogen and oxygen atoms in total. The van der Waals surface area contributed by atoms with E-state index in [0.717, 1.165) is 11.3 Å². The second-order valence-electron chi connectivity index (χ2n) is 4.88. The lowest BCUT2D eigenvalue weighted by Gasteiger charge is -2.15. The molecule has 0 aromatic heterocycles. The Balaban J connectivity index is 2.30. The van der Waals surface area contributed by atoms with Gasteiger partial charge in [-0.25, -0.2) is 8.78 Å². The van der Waals surface area contributed by atoms with Crippen LogP contribution in [0.15, 0.2) is 40.9 Å². The zero-order chi connectivity index (χ0) is 15.6. The van der Waals surface area contributed by atoms with Crippen LogP contribution in [0.25, 0.3) is 0 Å². The topological polar surface area (TPSA) is 9.23 Å². The van der Waals surface area contributed by atoms with Crippen molar-refractivity contribution in [1.29, 1.82) is 0 Å². The highest BCUT2D eigenvalue weighted by molar-refractivity contribution is 9.10. The second kappa shape index (κ2) is 6.88. The summed E-state index contributed by atoms with van der Waals surface area (Å²) in [6.45, 7) is 3.88. The molecule has 0 radical (unpaired) electrons. The van der Waals surface area contributed by atoms with Crippen LogP contribution in [-0.4, -0.2) is 6.10 Å². The standard InChI is InChI=1S/C16H14Br2F2O/c1-9(2)21-12-5-3-10(4-6-12)16(18)15-13(19)7-11(17)8-14(15)20/h3-9,16H,1-2H3. The number of halogens is 4. The molecule has 0 aliphatic carbocycles. The van der Waals surface area contributed by atoms with Gasteiger partial charge in [-0.05, 0) is 43.7 Å². The molecule has 0 spiro atoms. The molecule has 0 fully saturated rings. The average Bonchev–Trinajstić information content (AvgIpc) is 2.37. The van der Waals surface area contributed by atoms with Crippen molar-refractivity contribution in [2.45, 2.75) is 24.8 Å². The highest BCUT2D eigenvalue weighted by Crippen LogP contribution is 2.36. The smallest absolute Gasteiger partial charge is 0.131 e. The maximum absolute atomic E-state index is 14.0. The predicted molar refractivity (Wildman–Crippen MR) is 87.0 cm³/mol. The molecule has 1 unspecified atom stereocenters. The molecule has 0 heterocycles. The van der Waals surface area contributed by atoms with Gasteiger partial charge in [0.2, 0.25) is 0 Å². The van der Waals surface area contributed by atoms with Crippen LogP contribution in [0.1, 0.15) is 29.8 Å². The van der Waals surface area contributed by atoms with Crippen LogP contribution < -0.4 is 4.74 Å². The van der Waals surface area contributed by atoms with Crippen LogP contribution in [0.5, 0.6) is 5.75 Å². The summed E-state index contributed by atoms with van der Waals surface area (Å²) in [5.41, 5.74) is 0.752. The van der Waals surface area contributed by atoms with E-state index in [9.17, 15) is 8.78 Å². The molecule has 0 saturated heterocycles. The van der Waals surface area contributed by atoms with Crippen molar-refractivity contribution in [2.75, 3.05) is 0 Å². The molecule has 5 heteroatoms. The SMILES string of the molecule is CC(C)Oc1ccc(C(Br)c2c(F)cc(Br)cc2F)cc1. The lowest BCUT2D eigenvalue weighted by Crippen LogP contribution is -2.05. The molecule has 2 aromatic rings. The van der Waals surface area contributed by atoms with Gasteiger partial charge in [0.1, 0.15) is 17.4 Å². The van der Waals surface area contributed by atoms with Gasteiger partial charge in [-0.15, -0.1) is 0 Å². The van der Waals surface area contributed by atoms with Gasteiger partial charge in [0.15, 0.2) is 0 Å². The molecule has 0 bridgehead atoms. The second-order valence-corrected chi connectivity index (χ2v) is 6.71. The van der Waals surface area contributed by atoms with Gasteiger partial charge in [-0.2, -0.15) is 0 Å². The fraction of sp³-hybridized carbons (Fsp3) is 0.250. The number of benzene rings is 2. The van der Waals surface area contributed by atoms with Crippen LogP contribution in [0.2, 0.25) is 0 Å².